The van der Waals surface area contributed by atoms with Gasteiger partial charge in [-0.05, 0) is 61.6 Å². The van der Waals surface area contributed by atoms with Crippen LogP contribution in [0.3, 0.4) is 0 Å². The Labute approximate surface area is 113 Å². The molecule has 0 spiro atoms. The smallest absolute Gasteiger partial charge is 0.126 e. The Morgan fingerprint density at radius 2 is 1.47 bits per heavy atom. The number of hydrogen-bond acceptors (Lipinski definition) is 1. The Morgan fingerprint density at radius 3 is 1.95 bits per heavy atom. The van der Waals surface area contributed by atoms with Gasteiger partial charge in [0, 0.05) is 6.07 Å². The van der Waals surface area contributed by atoms with Gasteiger partial charge in [0.15, 0.2) is 0 Å². The van der Waals surface area contributed by atoms with E-state index in [-0.39, 0.29) is 5.92 Å². The molecule has 3 atom stereocenters. The van der Waals surface area contributed by atoms with E-state index in [0.29, 0.717) is 17.4 Å². The van der Waals surface area contributed by atoms with Gasteiger partial charge in [0.05, 0.1) is 5.60 Å². The van der Waals surface area contributed by atoms with Crippen LogP contribution in [-0.2, 0) is 5.60 Å². The minimum absolute atomic E-state index is 0.0486. The zero-order valence-corrected chi connectivity index (χ0v) is 11.8. The second kappa shape index (κ2) is 5.20. The molecule has 106 valence electrons. The Kier molecular flexibility index (Phi) is 3.95. The van der Waals surface area contributed by atoms with Crippen molar-refractivity contribution in [1.29, 1.82) is 0 Å². The number of hydrogen-bond donors (Lipinski definition) is 1. The van der Waals surface area contributed by atoms with Gasteiger partial charge in [-0.2, -0.15) is 0 Å². The molecule has 0 bridgehead atoms. The van der Waals surface area contributed by atoms with Gasteiger partial charge in [0.2, 0.25) is 0 Å². The highest BCUT2D eigenvalue weighted by atomic mass is 19.1. The van der Waals surface area contributed by atoms with Crippen molar-refractivity contribution in [2.24, 2.45) is 17.8 Å². The van der Waals surface area contributed by atoms with Crippen molar-refractivity contribution in [3.63, 3.8) is 0 Å². The molecule has 0 amide bonds. The maximum absolute atomic E-state index is 13.3. The third-order valence-electron chi connectivity index (χ3n) is 4.42. The molecular formula is C16H22F2O. The lowest BCUT2D eigenvalue weighted by molar-refractivity contribution is -0.0391. The zero-order chi connectivity index (χ0) is 14.2. The van der Waals surface area contributed by atoms with E-state index in [1.807, 2.05) is 0 Å². The first-order valence-electron chi connectivity index (χ1n) is 6.98. The second-order valence-electron chi connectivity index (χ2n) is 6.42. The van der Waals surface area contributed by atoms with Crippen LogP contribution in [0, 0.1) is 29.4 Å². The van der Waals surface area contributed by atoms with Crippen molar-refractivity contribution in [3.05, 3.63) is 35.4 Å². The van der Waals surface area contributed by atoms with E-state index in [1.165, 1.54) is 12.1 Å². The Morgan fingerprint density at radius 1 is 1.00 bits per heavy atom. The van der Waals surface area contributed by atoms with Gasteiger partial charge >= 0.3 is 0 Å². The highest BCUT2D eigenvalue weighted by molar-refractivity contribution is 5.24. The summed E-state index contributed by atoms with van der Waals surface area (Å²) in [7, 11) is 0. The fourth-order valence-corrected chi connectivity index (χ4v) is 3.49. The van der Waals surface area contributed by atoms with Crippen LogP contribution >= 0.6 is 0 Å². The van der Waals surface area contributed by atoms with Gasteiger partial charge in [0.1, 0.15) is 11.6 Å². The number of aliphatic hydroxyl groups is 1. The molecule has 1 N–H and O–H groups in total. The van der Waals surface area contributed by atoms with E-state index in [9.17, 15) is 13.9 Å². The van der Waals surface area contributed by atoms with E-state index in [2.05, 4.69) is 13.8 Å². The van der Waals surface area contributed by atoms with Gasteiger partial charge in [0.25, 0.3) is 0 Å². The molecule has 19 heavy (non-hydrogen) atoms. The van der Waals surface area contributed by atoms with E-state index < -0.39 is 17.2 Å². The highest BCUT2D eigenvalue weighted by Crippen LogP contribution is 2.43. The van der Waals surface area contributed by atoms with Crippen molar-refractivity contribution >= 4 is 0 Å². The summed E-state index contributed by atoms with van der Waals surface area (Å²) in [5.74, 6) is -0.135. The predicted molar refractivity (Wildman–Crippen MR) is 71.6 cm³/mol. The Balaban J connectivity index is 2.30. The van der Waals surface area contributed by atoms with E-state index in [0.717, 1.165) is 25.3 Å². The quantitative estimate of drug-likeness (QED) is 0.850. The molecule has 1 aromatic carbocycles. The van der Waals surface area contributed by atoms with Crippen LogP contribution in [0.15, 0.2) is 18.2 Å². The monoisotopic (exact) mass is 268 g/mol. The maximum Gasteiger partial charge on any atom is 0.126 e. The SMILES string of the molecule is CC1CC(C)CC(C(C)(O)c2cc(F)cc(F)c2)C1. The van der Waals surface area contributed by atoms with Gasteiger partial charge in [-0.15, -0.1) is 0 Å². The number of rotatable bonds is 2. The Hall–Kier alpha value is -0.960. The van der Waals surface area contributed by atoms with Gasteiger partial charge in [-0.25, -0.2) is 8.78 Å². The van der Waals surface area contributed by atoms with Crippen LogP contribution < -0.4 is 0 Å². The second-order valence-corrected chi connectivity index (χ2v) is 6.42. The number of benzene rings is 1. The lowest BCUT2D eigenvalue weighted by atomic mass is 9.68. The van der Waals surface area contributed by atoms with Crippen LogP contribution in [-0.4, -0.2) is 5.11 Å². The first-order chi connectivity index (χ1) is 8.79. The fourth-order valence-electron chi connectivity index (χ4n) is 3.49. The van der Waals surface area contributed by atoms with E-state index in [1.54, 1.807) is 6.92 Å². The van der Waals surface area contributed by atoms with Crippen LogP contribution in [0.5, 0.6) is 0 Å². The minimum Gasteiger partial charge on any atom is -0.385 e. The lowest BCUT2D eigenvalue weighted by Gasteiger charge is -2.40. The molecule has 0 saturated heterocycles. The van der Waals surface area contributed by atoms with Crippen molar-refractivity contribution in [3.8, 4) is 0 Å². The third kappa shape index (κ3) is 3.14. The minimum atomic E-state index is -1.17. The molecule has 3 unspecified atom stereocenters. The molecule has 1 aliphatic carbocycles. The van der Waals surface area contributed by atoms with Gasteiger partial charge < -0.3 is 5.11 Å². The molecule has 1 saturated carbocycles. The molecule has 0 aromatic heterocycles. The van der Waals surface area contributed by atoms with Gasteiger partial charge in [-0.3, -0.25) is 0 Å². The molecule has 0 heterocycles. The third-order valence-corrected chi connectivity index (χ3v) is 4.42. The topological polar surface area (TPSA) is 20.2 Å². The van der Waals surface area contributed by atoms with Crippen molar-refractivity contribution in [1.82, 2.24) is 0 Å². The summed E-state index contributed by atoms with van der Waals surface area (Å²) in [4.78, 5) is 0. The van der Waals surface area contributed by atoms with E-state index in [4.69, 9.17) is 0 Å². The molecule has 3 heteroatoms. The highest BCUT2D eigenvalue weighted by Gasteiger charge is 2.38. The summed E-state index contributed by atoms with van der Waals surface area (Å²) in [6, 6.07) is 3.33. The first-order valence-corrected chi connectivity index (χ1v) is 6.98. The average Bonchev–Trinajstić information content (AvgIpc) is 2.26. The van der Waals surface area contributed by atoms with Crippen LogP contribution in [0.2, 0.25) is 0 Å². The molecule has 1 aliphatic rings. The van der Waals surface area contributed by atoms with Crippen molar-refractivity contribution < 1.29 is 13.9 Å². The summed E-state index contributed by atoms with van der Waals surface area (Å²) < 4.78 is 26.7. The van der Waals surface area contributed by atoms with Gasteiger partial charge in [-0.1, -0.05) is 13.8 Å². The predicted octanol–water partition coefficient (Wildman–Crippen LogP) is 4.24. The maximum atomic E-state index is 13.3. The summed E-state index contributed by atoms with van der Waals surface area (Å²) in [5, 5.41) is 10.8. The summed E-state index contributed by atoms with van der Waals surface area (Å²) >= 11 is 0. The molecule has 1 aromatic rings. The largest absolute Gasteiger partial charge is 0.385 e. The van der Waals surface area contributed by atoms with E-state index >= 15 is 0 Å². The number of halogens is 2. The molecular weight excluding hydrogens is 246 g/mol. The molecule has 2 rings (SSSR count). The Bertz CT molecular complexity index is 426. The standard InChI is InChI=1S/C16H22F2O/c1-10-4-11(2)6-12(5-10)16(3,19)13-7-14(17)9-15(18)8-13/h7-12,19H,4-6H2,1-3H3. The summed E-state index contributed by atoms with van der Waals surface area (Å²) in [6.07, 6.45) is 2.95. The first kappa shape index (κ1) is 14.4. The van der Waals surface area contributed by atoms with Crippen molar-refractivity contribution in [2.45, 2.75) is 45.6 Å². The molecule has 0 radical (unpaired) electrons. The summed E-state index contributed by atoms with van der Waals surface area (Å²) in [5.41, 5.74) is -0.831. The van der Waals surface area contributed by atoms with Crippen LogP contribution in [0.25, 0.3) is 0 Å². The van der Waals surface area contributed by atoms with Crippen LogP contribution in [0.1, 0.15) is 45.6 Å². The average molecular weight is 268 g/mol. The molecule has 1 nitrogen and oxygen atoms in total. The van der Waals surface area contributed by atoms with Crippen molar-refractivity contribution in [2.75, 3.05) is 0 Å². The van der Waals surface area contributed by atoms with Crippen LogP contribution in [0.4, 0.5) is 8.78 Å². The zero-order valence-electron chi connectivity index (χ0n) is 11.8. The normalized spacial score (nSPS) is 30.9. The molecule has 1 fully saturated rings. The molecule has 0 aliphatic heterocycles. The summed E-state index contributed by atoms with van der Waals surface area (Å²) in [6.45, 7) is 6.02. The lowest BCUT2D eigenvalue weighted by Crippen LogP contribution is -2.37. The fraction of sp³-hybridized carbons (Fsp3) is 0.625.